The summed E-state index contributed by atoms with van der Waals surface area (Å²) < 4.78 is 10.4. The van der Waals surface area contributed by atoms with Crippen molar-refractivity contribution in [2.24, 2.45) is 0 Å². The van der Waals surface area contributed by atoms with Crippen molar-refractivity contribution < 1.29 is 8.83 Å². The minimum atomic E-state index is 0.246. The molecule has 76 valence electrons. The molecule has 0 saturated carbocycles. The van der Waals surface area contributed by atoms with Crippen molar-refractivity contribution in [2.45, 2.75) is 6.92 Å². The highest BCUT2D eigenvalue weighted by atomic mass is 32.1. The van der Waals surface area contributed by atoms with Crippen LogP contribution in [0, 0.1) is 6.92 Å². The Balaban J connectivity index is 2.19. The molecular weight excluding hydrogens is 214 g/mol. The molecule has 0 radical (unpaired) electrons. The number of fused-ring (bicyclic) bond motifs is 1. The van der Waals surface area contributed by atoms with Crippen LogP contribution in [0.15, 0.2) is 20.5 Å². The molecule has 0 aromatic carbocycles. The number of anilines is 1. The molecule has 5 nitrogen and oxygen atoms in total. The maximum absolute atomic E-state index is 5.55. The van der Waals surface area contributed by atoms with Gasteiger partial charge in [-0.25, -0.2) is 9.97 Å². The maximum atomic E-state index is 5.55. The molecule has 0 aliphatic rings. The van der Waals surface area contributed by atoms with Gasteiger partial charge < -0.3 is 14.6 Å². The van der Waals surface area contributed by atoms with E-state index in [9.17, 15) is 0 Å². The number of nitrogens with two attached hydrogens (primary N) is 1. The van der Waals surface area contributed by atoms with Gasteiger partial charge in [-0.1, -0.05) is 0 Å². The van der Waals surface area contributed by atoms with Crippen LogP contribution in [0.2, 0.25) is 0 Å². The molecule has 0 aliphatic heterocycles. The van der Waals surface area contributed by atoms with Crippen molar-refractivity contribution in [3.05, 3.63) is 16.7 Å². The highest BCUT2D eigenvalue weighted by molar-refractivity contribution is 7.09. The maximum Gasteiger partial charge on any atom is 0.247 e. The van der Waals surface area contributed by atoms with E-state index in [4.69, 9.17) is 14.6 Å². The number of rotatable bonds is 1. The largest absolute Gasteiger partial charge is 0.443 e. The van der Waals surface area contributed by atoms with Crippen LogP contribution in [-0.4, -0.2) is 9.97 Å². The molecule has 15 heavy (non-hydrogen) atoms. The second kappa shape index (κ2) is 2.83. The zero-order valence-electron chi connectivity index (χ0n) is 7.85. The fourth-order valence-corrected chi connectivity index (χ4v) is 1.92. The van der Waals surface area contributed by atoms with Gasteiger partial charge >= 0.3 is 0 Å². The van der Waals surface area contributed by atoms with E-state index in [1.54, 1.807) is 11.3 Å². The average Bonchev–Trinajstić information content (AvgIpc) is 2.84. The van der Waals surface area contributed by atoms with Crippen LogP contribution in [0.5, 0.6) is 0 Å². The first-order chi connectivity index (χ1) is 7.24. The Morgan fingerprint density at radius 3 is 2.93 bits per heavy atom. The predicted molar refractivity (Wildman–Crippen MR) is 56.5 cm³/mol. The molecule has 0 fully saturated rings. The highest BCUT2D eigenvalue weighted by Gasteiger charge is 2.14. The molecule has 0 aliphatic carbocycles. The number of hydrogen-bond acceptors (Lipinski definition) is 6. The molecule has 0 atom stereocenters. The lowest BCUT2D eigenvalue weighted by atomic mass is 10.5. The van der Waals surface area contributed by atoms with Crippen LogP contribution < -0.4 is 5.73 Å². The summed E-state index contributed by atoms with van der Waals surface area (Å²) in [6, 6.07) is 0. The third kappa shape index (κ3) is 1.22. The minimum absolute atomic E-state index is 0.246. The van der Waals surface area contributed by atoms with Gasteiger partial charge in [0.25, 0.3) is 0 Å². The van der Waals surface area contributed by atoms with Gasteiger partial charge in [0.15, 0.2) is 5.52 Å². The molecule has 0 saturated heterocycles. The smallest absolute Gasteiger partial charge is 0.247 e. The van der Waals surface area contributed by atoms with Gasteiger partial charge in [0.1, 0.15) is 12.0 Å². The highest BCUT2D eigenvalue weighted by Crippen LogP contribution is 2.29. The quantitative estimate of drug-likeness (QED) is 0.682. The van der Waals surface area contributed by atoms with Gasteiger partial charge in [-0.3, -0.25) is 0 Å². The molecule has 0 spiro atoms. The number of aryl methyl sites for hydroxylation is 1. The van der Waals surface area contributed by atoms with E-state index in [1.165, 1.54) is 6.26 Å². The Labute approximate surface area is 88.5 Å². The van der Waals surface area contributed by atoms with E-state index >= 15 is 0 Å². The van der Waals surface area contributed by atoms with Gasteiger partial charge in [0.05, 0.1) is 5.01 Å². The number of aromatic nitrogens is 2. The molecule has 0 bridgehead atoms. The summed E-state index contributed by atoms with van der Waals surface area (Å²) >= 11 is 1.55. The van der Waals surface area contributed by atoms with Crippen LogP contribution in [0.25, 0.3) is 22.7 Å². The zero-order chi connectivity index (χ0) is 10.4. The first-order valence-corrected chi connectivity index (χ1v) is 5.18. The second-order valence-corrected chi connectivity index (χ2v) is 4.15. The summed E-state index contributed by atoms with van der Waals surface area (Å²) in [6.07, 6.45) is 1.47. The van der Waals surface area contributed by atoms with Crippen molar-refractivity contribution in [3.63, 3.8) is 0 Å². The minimum Gasteiger partial charge on any atom is -0.443 e. The Kier molecular flexibility index (Phi) is 1.60. The van der Waals surface area contributed by atoms with Crippen molar-refractivity contribution in [2.75, 3.05) is 5.73 Å². The molecule has 3 heterocycles. The van der Waals surface area contributed by atoms with Gasteiger partial charge in [0, 0.05) is 5.38 Å². The number of nitrogen functional groups attached to an aromatic ring is 1. The molecule has 0 amide bonds. The molecular formula is C9H7N3O2S. The van der Waals surface area contributed by atoms with Crippen LogP contribution in [0.4, 0.5) is 5.88 Å². The first kappa shape index (κ1) is 8.49. The van der Waals surface area contributed by atoms with E-state index in [2.05, 4.69) is 9.97 Å². The van der Waals surface area contributed by atoms with Crippen molar-refractivity contribution in [1.29, 1.82) is 0 Å². The van der Waals surface area contributed by atoms with Crippen LogP contribution in [-0.2, 0) is 0 Å². The third-order valence-corrected chi connectivity index (χ3v) is 2.79. The fraction of sp³-hybridized carbons (Fsp3) is 0.111. The summed E-state index contributed by atoms with van der Waals surface area (Å²) in [5, 5.41) is 2.87. The Morgan fingerprint density at radius 1 is 1.40 bits per heavy atom. The Bertz CT molecular complexity index is 622. The van der Waals surface area contributed by atoms with E-state index < -0.39 is 0 Å². The molecule has 2 N–H and O–H groups in total. The van der Waals surface area contributed by atoms with Crippen molar-refractivity contribution in [1.82, 2.24) is 9.97 Å². The van der Waals surface area contributed by atoms with E-state index in [1.807, 2.05) is 12.3 Å². The van der Waals surface area contributed by atoms with E-state index in [-0.39, 0.29) is 5.88 Å². The number of thiazole rings is 1. The summed E-state index contributed by atoms with van der Waals surface area (Å²) in [7, 11) is 0. The zero-order valence-corrected chi connectivity index (χ0v) is 8.67. The summed E-state index contributed by atoms with van der Waals surface area (Å²) in [4.78, 5) is 8.50. The molecule has 3 aromatic rings. The van der Waals surface area contributed by atoms with Gasteiger partial charge in [0.2, 0.25) is 17.4 Å². The van der Waals surface area contributed by atoms with Crippen molar-refractivity contribution in [3.8, 4) is 11.6 Å². The van der Waals surface area contributed by atoms with Crippen molar-refractivity contribution >= 4 is 28.3 Å². The fourth-order valence-electron chi connectivity index (χ4n) is 1.33. The van der Waals surface area contributed by atoms with Gasteiger partial charge in [-0.15, -0.1) is 11.3 Å². The standard InChI is InChI=1S/C9H7N3O2S/c1-4-11-6(3-15-4)9-12-5-2-13-8(10)7(5)14-9/h2-3H,10H2,1H3. The predicted octanol–water partition coefficient (Wildman–Crippen LogP) is 2.43. The number of furan rings is 1. The second-order valence-electron chi connectivity index (χ2n) is 3.09. The van der Waals surface area contributed by atoms with Gasteiger partial charge in [-0.2, -0.15) is 0 Å². The SMILES string of the molecule is Cc1nc(-c2nc3coc(N)c3o2)cs1. The van der Waals surface area contributed by atoms with Crippen LogP contribution in [0.3, 0.4) is 0 Å². The van der Waals surface area contributed by atoms with E-state index in [0.717, 1.165) is 10.7 Å². The lowest BCUT2D eigenvalue weighted by molar-refractivity contribution is 0.565. The molecule has 3 rings (SSSR count). The molecule has 6 heteroatoms. The van der Waals surface area contributed by atoms with E-state index in [0.29, 0.717) is 17.0 Å². The molecule has 3 aromatic heterocycles. The van der Waals surface area contributed by atoms with Crippen LogP contribution in [0.1, 0.15) is 5.01 Å². The topological polar surface area (TPSA) is 78.1 Å². The first-order valence-electron chi connectivity index (χ1n) is 4.30. The average molecular weight is 221 g/mol. The van der Waals surface area contributed by atoms with Crippen LogP contribution >= 0.6 is 11.3 Å². The normalized spacial score (nSPS) is 11.3. The third-order valence-electron chi connectivity index (χ3n) is 2.01. The number of hydrogen-bond donors (Lipinski definition) is 1. The lowest BCUT2D eigenvalue weighted by Gasteiger charge is -1.86. The monoisotopic (exact) mass is 221 g/mol. The number of oxazole rings is 1. The summed E-state index contributed by atoms with van der Waals surface area (Å²) in [5.41, 5.74) is 7.39. The van der Waals surface area contributed by atoms with Gasteiger partial charge in [-0.05, 0) is 6.92 Å². The summed E-state index contributed by atoms with van der Waals surface area (Å²) in [6.45, 7) is 1.93. The Hall–Kier alpha value is -1.82. The Morgan fingerprint density at radius 2 is 2.27 bits per heavy atom. The number of nitrogens with zero attached hydrogens (tertiary/aromatic N) is 2. The molecule has 0 unspecified atom stereocenters. The summed E-state index contributed by atoms with van der Waals surface area (Å²) in [5.74, 6) is 0.725. The lowest BCUT2D eigenvalue weighted by Crippen LogP contribution is -1.78.